The molecule has 0 unspecified atom stereocenters. The van der Waals surface area contributed by atoms with E-state index in [9.17, 15) is 19.5 Å². The van der Waals surface area contributed by atoms with Crippen LogP contribution in [0.3, 0.4) is 0 Å². The van der Waals surface area contributed by atoms with E-state index in [1.807, 2.05) is 0 Å². The minimum absolute atomic E-state index is 0.00788. The first kappa shape index (κ1) is 17.5. The molecule has 6 heteroatoms. The summed E-state index contributed by atoms with van der Waals surface area (Å²) in [5.41, 5.74) is 1.49. The molecule has 0 bridgehead atoms. The summed E-state index contributed by atoms with van der Waals surface area (Å²) in [7, 11) is 0. The number of fused-ring (bicyclic) bond motifs is 1. The van der Waals surface area contributed by atoms with Crippen LogP contribution in [0.1, 0.15) is 58.4 Å². The lowest BCUT2D eigenvalue weighted by Crippen LogP contribution is -2.46. The first-order valence-corrected chi connectivity index (χ1v) is 9.39. The van der Waals surface area contributed by atoms with Crippen LogP contribution in [0.5, 0.6) is 0 Å². The number of aromatic amines is 1. The fraction of sp³-hybridized carbons (Fsp3) is 0.381. The lowest BCUT2D eigenvalue weighted by molar-refractivity contribution is -0.141. The van der Waals surface area contributed by atoms with Gasteiger partial charge in [0.25, 0.3) is 5.91 Å². The maximum Gasteiger partial charge on any atom is 0.326 e. The van der Waals surface area contributed by atoms with Crippen molar-refractivity contribution in [3.63, 3.8) is 0 Å². The molecule has 0 radical (unpaired) electrons. The molecular weight excluding hydrogens is 344 g/mol. The standard InChI is InChI=1S/C21H22N2O4/c24-19(16-9-10-22-12-16)13-5-7-14(8-6-13)20(25)23-17-4-2-1-3-15(17)11-18(23)21(26)27/h5-10,12,15,17-18,22H,1-4,11H2,(H,26,27)/t15-,17+,18+/m1/s1. The van der Waals surface area contributed by atoms with E-state index >= 15 is 0 Å². The molecule has 1 amide bonds. The lowest BCUT2D eigenvalue weighted by Gasteiger charge is -2.33. The Balaban J connectivity index is 1.58. The number of H-pyrrole nitrogens is 1. The first-order chi connectivity index (χ1) is 13.1. The van der Waals surface area contributed by atoms with Crippen molar-refractivity contribution in [3.05, 3.63) is 59.4 Å². The Morgan fingerprint density at radius 3 is 2.33 bits per heavy atom. The van der Waals surface area contributed by atoms with Gasteiger partial charge >= 0.3 is 5.97 Å². The summed E-state index contributed by atoms with van der Waals surface area (Å²) in [6.07, 6.45) is 7.84. The lowest BCUT2D eigenvalue weighted by atomic mass is 9.84. The zero-order chi connectivity index (χ0) is 19.0. The van der Waals surface area contributed by atoms with E-state index in [0.29, 0.717) is 23.1 Å². The van der Waals surface area contributed by atoms with Crippen LogP contribution in [0.15, 0.2) is 42.7 Å². The van der Waals surface area contributed by atoms with Crippen molar-refractivity contribution in [1.29, 1.82) is 0 Å². The van der Waals surface area contributed by atoms with Crippen LogP contribution < -0.4 is 0 Å². The molecule has 1 saturated heterocycles. The van der Waals surface area contributed by atoms with Crippen LogP contribution >= 0.6 is 0 Å². The summed E-state index contributed by atoms with van der Waals surface area (Å²) in [5.74, 6) is -1.03. The molecule has 1 saturated carbocycles. The number of carbonyl (C=O) groups excluding carboxylic acids is 2. The minimum atomic E-state index is -0.933. The topological polar surface area (TPSA) is 90.5 Å². The second-order valence-corrected chi connectivity index (χ2v) is 7.42. The minimum Gasteiger partial charge on any atom is -0.480 e. The van der Waals surface area contributed by atoms with E-state index in [2.05, 4.69) is 4.98 Å². The highest BCUT2D eigenvalue weighted by Crippen LogP contribution is 2.40. The molecule has 1 aromatic carbocycles. The van der Waals surface area contributed by atoms with Crippen molar-refractivity contribution in [3.8, 4) is 0 Å². The average Bonchev–Trinajstić information content (AvgIpc) is 3.35. The van der Waals surface area contributed by atoms with Crippen molar-refractivity contribution >= 4 is 17.7 Å². The molecule has 2 heterocycles. The molecule has 6 nitrogen and oxygen atoms in total. The van der Waals surface area contributed by atoms with Gasteiger partial charge in [0.15, 0.2) is 5.78 Å². The van der Waals surface area contributed by atoms with E-state index in [1.54, 1.807) is 47.6 Å². The number of benzene rings is 1. The zero-order valence-electron chi connectivity index (χ0n) is 14.9. The molecule has 27 heavy (non-hydrogen) atoms. The highest BCUT2D eigenvalue weighted by molar-refractivity contribution is 6.09. The number of carboxylic acids is 1. The monoisotopic (exact) mass is 366 g/mol. The van der Waals surface area contributed by atoms with Gasteiger partial charge in [-0.2, -0.15) is 0 Å². The van der Waals surface area contributed by atoms with Gasteiger partial charge in [0.2, 0.25) is 0 Å². The summed E-state index contributed by atoms with van der Waals surface area (Å²) >= 11 is 0. The van der Waals surface area contributed by atoms with Gasteiger partial charge in [0, 0.05) is 35.1 Å². The largest absolute Gasteiger partial charge is 0.480 e. The SMILES string of the molecule is O=C(c1ccc(C(=O)N2[C@H](C(=O)O)C[C@H]3CCCC[C@@H]32)cc1)c1cc[nH]c1. The van der Waals surface area contributed by atoms with E-state index < -0.39 is 12.0 Å². The van der Waals surface area contributed by atoms with Crippen molar-refractivity contribution in [2.45, 2.75) is 44.2 Å². The van der Waals surface area contributed by atoms with Gasteiger partial charge in [-0.1, -0.05) is 25.0 Å². The first-order valence-electron chi connectivity index (χ1n) is 9.39. The number of nitrogens with zero attached hydrogens (tertiary/aromatic N) is 1. The zero-order valence-corrected chi connectivity index (χ0v) is 14.9. The predicted octanol–water partition coefficient (Wildman–Crippen LogP) is 3.10. The summed E-state index contributed by atoms with van der Waals surface area (Å²) in [6.45, 7) is 0. The number of nitrogens with one attached hydrogen (secondary N) is 1. The summed E-state index contributed by atoms with van der Waals surface area (Å²) < 4.78 is 0. The molecule has 0 spiro atoms. The van der Waals surface area contributed by atoms with Crippen LogP contribution in [-0.4, -0.2) is 44.7 Å². The van der Waals surface area contributed by atoms with Gasteiger partial charge in [0.1, 0.15) is 6.04 Å². The quantitative estimate of drug-likeness (QED) is 0.814. The molecular formula is C21H22N2O4. The molecule has 3 atom stereocenters. The van der Waals surface area contributed by atoms with Crippen LogP contribution in [0.2, 0.25) is 0 Å². The van der Waals surface area contributed by atoms with Crippen molar-refractivity contribution in [2.24, 2.45) is 5.92 Å². The predicted molar refractivity (Wildman–Crippen MR) is 98.6 cm³/mol. The molecule has 1 aliphatic carbocycles. The number of carboxylic acid groups (broad SMARTS) is 1. The number of aliphatic carboxylic acids is 1. The van der Waals surface area contributed by atoms with Crippen molar-refractivity contribution in [2.75, 3.05) is 0 Å². The van der Waals surface area contributed by atoms with E-state index in [1.165, 1.54) is 0 Å². The molecule has 1 aromatic heterocycles. The third kappa shape index (κ3) is 3.16. The average molecular weight is 366 g/mol. The Morgan fingerprint density at radius 1 is 0.963 bits per heavy atom. The fourth-order valence-corrected chi connectivity index (χ4v) is 4.52. The Labute approximate surface area is 157 Å². The Bertz CT molecular complexity index is 857. The molecule has 1 aliphatic heterocycles. The van der Waals surface area contributed by atoms with Crippen LogP contribution in [0.4, 0.5) is 0 Å². The molecule has 4 rings (SSSR count). The number of amides is 1. The molecule has 140 valence electrons. The normalized spacial score (nSPS) is 24.4. The molecule has 2 fully saturated rings. The summed E-state index contributed by atoms with van der Waals surface area (Å²) in [5, 5.41) is 9.61. The van der Waals surface area contributed by atoms with Crippen LogP contribution in [-0.2, 0) is 4.79 Å². The maximum atomic E-state index is 13.1. The highest BCUT2D eigenvalue weighted by atomic mass is 16.4. The number of likely N-dealkylation sites (tertiary alicyclic amines) is 1. The van der Waals surface area contributed by atoms with Crippen LogP contribution in [0, 0.1) is 5.92 Å². The third-order valence-corrected chi connectivity index (χ3v) is 5.86. The van der Waals surface area contributed by atoms with E-state index in [0.717, 1.165) is 25.7 Å². The third-order valence-electron chi connectivity index (χ3n) is 5.86. The number of aromatic nitrogens is 1. The summed E-state index contributed by atoms with van der Waals surface area (Å²) in [4.78, 5) is 41.6. The molecule has 2 aromatic rings. The van der Waals surface area contributed by atoms with E-state index in [4.69, 9.17) is 0 Å². The van der Waals surface area contributed by atoms with Crippen LogP contribution in [0.25, 0.3) is 0 Å². The van der Waals surface area contributed by atoms with Gasteiger partial charge in [-0.05, 0) is 43.4 Å². The number of ketones is 1. The fourth-order valence-electron chi connectivity index (χ4n) is 4.52. The van der Waals surface area contributed by atoms with Gasteiger partial charge in [-0.3, -0.25) is 9.59 Å². The summed E-state index contributed by atoms with van der Waals surface area (Å²) in [6, 6.07) is 7.46. The molecule has 2 N–H and O–H groups in total. The maximum absolute atomic E-state index is 13.1. The number of hydrogen-bond acceptors (Lipinski definition) is 3. The van der Waals surface area contributed by atoms with Gasteiger partial charge in [0.05, 0.1) is 0 Å². The van der Waals surface area contributed by atoms with Crippen molar-refractivity contribution < 1.29 is 19.5 Å². The van der Waals surface area contributed by atoms with Crippen molar-refractivity contribution in [1.82, 2.24) is 9.88 Å². The van der Waals surface area contributed by atoms with E-state index in [-0.39, 0.29) is 23.7 Å². The van der Waals surface area contributed by atoms with Gasteiger partial charge < -0.3 is 15.0 Å². The number of hydrogen-bond donors (Lipinski definition) is 2. The second kappa shape index (κ2) is 7.02. The van der Waals surface area contributed by atoms with Gasteiger partial charge in [-0.25, -0.2) is 4.79 Å². The number of rotatable bonds is 4. The highest BCUT2D eigenvalue weighted by Gasteiger charge is 2.47. The Morgan fingerprint density at radius 2 is 1.67 bits per heavy atom. The second-order valence-electron chi connectivity index (χ2n) is 7.42. The Kier molecular flexibility index (Phi) is 4.56. The number of carbonyl (C=O) groups is 3. The molecule has 2 aliphatic rings. The Hall–Kier alpha value is -2.89. The van der Waals surface area contributed by atoms with Gasteiger partial charge in [-0.15, -0.1) is 0 Å². The smallest absolute Gasteiger partial charge is 0.326 e.